The minimum Gasteiger partial charge on any atom is -0.396 e. The first kappa shape index (κ1) is 21.9. The molecule has 0 aromatic rings. The molecule has 0 aliphatic carbocycles. The third-order valence-corrected chi connectivity index (χ3v) is 4.04. The Morgan fingerprint density at radius 1 is 0.682 bits per heavy atom. The van der Waals surface area contributed by atoms with Gasteiger partial charge in [0.2, 0.25) is 0 Å². The third-order valence-electron chi connectivity index (χ3n) is 4.04. The zero-order chi connectivity index (χ0) is 16.3. The molecule has 1 atom stereocenters. The van der Waals surface area contributed by atoms with Gasteiger partial charge in [-0.1, -0.05) is 46.0 Å². The highest BCUT2D eigenvalue weighted by atomic mass is 16.5. The van der Waals surface area contributed by atoms with Gasteiger partial charge in [-0.15, -0.1) is 0 Å². The van der Waals surface area contributed by atoms with E-state index in [1.54, 1.807) is 0 Å². The Bertz CT molecular complexity index is 197. The van der Waals surface area contributed by atoms with E-state index >= 15 is 0 Å². The Kier molecular flexibility index (Phi) is 18.8. The molecule has 0 amide bonds. The van der Waals surface area contributed by atoms with Crippen LogP contribution in [0, 0.1) is 5.92 Å². The summed E-state index contributed by atoms with van der Waals surface area (Å²) in [6.45, 7) is 8.22. The van der Waals surface area contributed by atoms with Crippen LogP contribution in [0.25, 0.3) is 0 Å². The van der Waals surface area contributed by atoms with Crippen molar-refractivity contribution in [3.8, 4) is 0 Å². The van der Waals surface area contributed by atoms with E-state index in [4.69, 9.17) is 14.6 Å². The maximum absolute atomic E-state index is 8.66. The van der Waals surface area contributed by atoms with Gasteiger partial charge in [-0.3, -0.25) is 0 Å². The van der Waals surface area contributed by atoms with Crippen molar-refractivity contribution in [2.75, 3.05) is 33.0 Å². The van der Waals surface area contributed by atoms with Crippen molar-refractivity contribution in [3.05, 3.63) is 0 Å². The molecule has 0 heterocycles. The van der Waals surface area contributed by atoms with Crippen LogP contribution in [0.3, 0.4) is 0 Å². The minimum atomic E-state index is 0.272. The summed E-state index contributed by atoms with van der Waals surface area (Å²) < 4.78 is 11.4. The molecule has 3 nitrogen and oxygen atoms in total. The van der Waals surface area contributed by atoms with E-state index < -0.39 is 0 Å². The van der Waals surface area contributed by atoms with Crippen LogP contribution in [-0.4, -0.2) is 38.1 Å². The Labute approximate surface area is 138 Å². The Morgan fingerprint density at radius 3 is 2.00 bits per heavy atom. The van der Waals surface area contributed by atoms with Gasteiger partial charge in [0, 0.05) is 33.0 Å². The van der Waals surface area contributed by atoms with E-state index in [1.165, 1.54) is 44.9 Å². The number of rotatable bonds is 18. The van der Waals surface area contributed by atoms with Crippen LogP contribution in [0.2, 0.25) is 0 Å². The van der Waals surface area contributed by atoms with Gasteiger partial charge in [0.15, 0.2) is 0 Å². The highest BCUT2D eigenvalue weighted by Gasteiger charge is 2.07. The van der Waals surface area contributed by atoms with Crippen molar-refractivity contribution in [2.24, 2.45) is 5.92 Å². The fourth-order valence-electron chi connectivity index (χ4n) is 2.66. The summed E-state index contributed by atoms with van der Waals surface area (Å²) in [7, 11) is 0. The van der Waals surface area contributed by atoms with Crippen molar-refractivity contribution in [3.63, 3.8) is 0 Å². The molecule has 0 aromatic heterocycles. The van der Waals surface area contributed by atoms with Gasteiger partial charge in [0.05, 0.1) is 0 Å². The van der Waals surface area contributed by atoms with Gasteiger partial charge >= 0.3 is 0 Å². The second kappa shape index (κ2) is 18.9. The molecule has 1 N–H and O–H groups in total. The average molecular weight is 317 g/mol. The smallest absolute Gasteiger partial charge is 0.0494 e. The van der Waals surface area contributed by atoms with Crippen LogP contribution < -0.4 is 0 Å². The predicted molar refractivity (Wildman–Crippen MR) is 94.3 cm³/mol. The minimum absolute atomic E-state index is 0.272. The lowest BCUT2D eigenvalue weighted by atomic mass is 9.97. The largest absolute Gasteiger partial charge is 0.396 e. The van der Waals surface area contributed by atoms with Crippen LogP contribution >= 0.6 is 0 Å². The molecule has 0 radical (unpaired) electrons. The molecule has 0 saturated heterocycles. The van der Waals surface area contributed by atoms with E-state index in [-0.39, 0.29) is 6.61 Å². The summed E-state index contributed by atoms with van der Waals surface area (Å²) >= 11 is 0. The first-order valence-corrected chi connectivity index (χ1v) is 9.61. The molecule has 0 rings (SSSR count). The molecule has 0 spiro atoms. The van der Waals surface area contributed by atoms with Crippen molar-refractivity contribution in [2.45, 2.75) is 84.5 Å². The summed E-state index contributed by atoms with van der Waals surface area (Å²) in [4.78, 5) is 0. The molecule has 0 saturated carbocycles. The SMILES string of the molecule is CCCCCCC(CCC)COCCCCOCCCCO. The summed E-state index contributed by atoms with van der Waals surface area (Å²) in [5.41, 5.74) is 0. The van der Waals surface area contributed by atoms with Crippen LogP contribution in [0.15, 0.2) is 0 Å². The topological polar surface area (TPSA) is 38.7 Å². The van der Waals surface area contributed by atoms with Crippen molar-refractivity contribution < 1.29 is 14.6 Å². The molecule has 0 bridgehead atoms. The van der Waals surface area contributed by atoms with E-state index in [2.05, 4.69) is 13.8 Å². The first-order valence-electron chi connectivity index (χ1n) is 9.61. The van der Waals surface area contributed by atoms with Crippen LogP contribution in [0.1, 0.15) is 84.5 Å². The third kappa shape index (κ3) is 16.3. The molecule has 0 fully saturated rings. The molecule has 1 unspecified atom stereocenters. The zero-order valence-electron chi connectivity index (χ0n) is 15.2. The molecular weight excluding hydrogens is 276 g/mol. The van der Waals surface area contributed by atoms with Gasteiger partial charge < -0.3 is 14.6 Å². The Hall–Kier alpha value is -0.120. The highest BCUT2D eigenvalue weighted by molar-refractivity contribution is 4.58. The summed E-state index contributed by atoms with van der Waals surface area (Å²) in [6.07, 6.45) is 13.3. The maximum atomic E-state index is 8.66. The van der Waals surface area contributed by atoms with Gasteiger partial charge in [-0.25, -0.2) is 0 Å². The Morgan fingerprint density at radius 2 is 1.36 bits per heavy atom. The fourth-order valence-corrected chi connectivity index (χ4v) is 2.66. The second-order valence-electron chi connectivity index (χ2n) is 6.33. The lowest BCUT2D eigenvalue weighted by Gasteiger charge is -2.16. The van der Waals surface area contributed by atoms with E-state index in [0.29, 0.717) is 0 Å². The van der Waals surface area contributed by atoms with Crippen LogP contribution in [0.4, 0.5) is 0 Å². The van der Waals surface area contributed by atoms with Gasteiger partial charge in [-0.05, 0) is 44.4 Å². The van der Waals surface area contributed by atoms with Crippen LogP contribution in [-0.2, 0) is 9.47 Å². The molecule has 22 heavy (non-hydrogen) atoms. The molecule has 0 aliphatic heterocycles. The van der Waals surface area contributed by atoms with E-state index in [1.807, 2.05) is 0 Å². The molecule has 0 aromatic carbocycles. The maximum Gasteiger partial charge on any atom is 0.0494 e. The lowest BCUT2D eigenvalue weighted by Crippen LogP contribution is -2.11. The second-order valence-corrected chi connectivity index (χ2v) is 6.33. The van der Waals surface area contributed by atoms with E-state index in [9.17, 15) is 0 Å². The summed E-state index contributed by atoms with van der Waals surface area (Å²) in [6, 6.07) is 0. The van der Waals surface area contributed by atoms with Gasteiger partial charge in [0.1, 0.15) is 0 Å². The normalized spacial score (nSPS) is 12.7. The van der Waals surface area contributed by atoms with Crippen molar-refractivity contribution in [1.82, 2.24) is 0 Å². The molecular formula is C19H40O3. The molecule has 3 heteroatoms. The molecule has 134 valence electrons. The number of aliphatic hydroxyl groups excluding tert-OH is 1. The quantitative estimate of drug-likeness (QED) is 0.363. The van der Waals surface area contributed by atoms with Crippen molar-refractivity contribution in [1.29, 1.82) is 0 Å². The predicted octanol–water partition coefficient (Wildman–Crippen LogP) is 4.96. The Balaban J connectivity index is 3.36. The molecule has 0 aliphatic rings. The lowest BCUT2D eigenvalue weighted by molar-refractivity contribution is 0.0767. The fraction of sp³-hybridized carbons (Fsp3) is 1.00. The average Bonchev–Trinajstić information content (AvgIpc) is 2.53. The number of ether oxygens (including phenoxy) is 2. The standard InChI is InChI=1S/C19H40O3/c1-3-5-6-7-13-19(12-4-2)18-22-17-11-10-16-21-15-9-8-14-20/h19-20H,3-18H2,1-2H3. The summed E-state index contributed by atoms with van der Waals surface area (Å²) in [5.74, 6) is 0.761. The number of hydrogen-bond acceptors (Lipinski definition) is 3. The first-order chi connectivity index (χ1) is 10.8. The van der Waals surface area contributed by atoms with Gasteiger partial charge in [-0.2, -0.15) is 0 Å². The number of aliphatic hydroxyl groups is 1. The van der Waals surface area contributed by atoms with Crippen LogP contribution in [0.5, 0.6) is 0 Å². The zero-order valence-corrected chi connectivity index (χ0v) is 15.2. The summed E-state index contributed by atoms with van der Waals surface area (Å²) in [5, 5.41) is 8.66. The monoisotopic (exact) mass is 316 g/mol. The van der Waals surface area contributed by atoms with Gasteiger partial charge in [0.25, 0.3) is 0 Å². The van der Waals surface area contributed by atoms with Crippen molar-refractivity contribution >= 4 is 0 Å². The highest BCUT2D eigenvalue weighted by Crippen LogP contribution is 2.16. The number of unbranched alkanes of at least 4 members (excludes halogenated alkanes) is 5. The number of hydrogen-bond donors (Lipinski definition) is 1. The van der Waals surface area contributed by atoms with E-state index in [0.717, 1.165) is 58.0 Å².